The molecule has 180 valence electrons. The van der Waals surface area contributed by atoms with Crippen molar-refractivity contribution in [2.75, 3.05) is 38.6 Å². The number of amides is 3. The lowest BCUT2D eigenvalue weighted by atomic mass is 9.79. The summed E-state index contributed by atoms with van der Waals surface area (Å²) in [5.41, 5.74) is 2.95. The number of ether oxygens (including phenoxy) is 1. The first-order valence-corrected chi connectivity index (χ1v) is 11.9. The van der Waals surface area contributed by atoms with Crippen molar-refractivity contribution >= 4 is 17.8 Å². The van der Waals surface area contributed by atoms with E-state index in [4.69, 9.17) is 4.74 Å². The number of hydrogen-bond donors (Lipinski definition) is 1. The van der Waals surface area contributed by atoms with Gasteiger partial charge >= 0.3 is 12.1 Å². The Morgan fingerprint density at radius 2 is 1.54 bits per heavy atom. The highest BCUT2D eigenvalue weighted by atomic mass is 16.6. The number of carbonyl (C=O) groups excluding carboxylic acids is 2. The second-order valence-corrected chi connectivity index (χ2v) is 9.21. The molecule has 0 aliphatic carbocycles. The number of rotatable bonds is 5. The Labute approximate surface area is 205 Å². The Bertz CT molecular complexity index is 1140. The van der Waals surface area contributed by atoms with Crippen LogP contribution in [0.3, 0.4) is 0 Å². The number of benzene rings is 3. The quantitative estimate of drug-likeness (QED) is 0.611. The van der Waals surface area contributed by atoms with E-state index in [2.05, 4.69) is 5.32 Å². The minimum Gasteiger partial charge on any atom is -0.431 e. The second kappa shape index (κ2) is 9.33. The molecule has 0 radical (unpaired) electrons. The van der Waals surface area contributed by atoms with Crippen LogP contribution in [0, 0.1) is 0 Å². The van der Waals surface area contributed by atoms with Crippen LogP contribution >= 0.6 is 0 Å². The maximum Gasteiger partial charge on any atom is 0.411 e. The number of nitrogens with one attached hydrogen (secondary N) is 1. The molecule has 3 aromatic carbocycles. The van der Waals surface area contributed by atoms with Gasteiger partial charge in [0.25, 0.3) is 0 Å². The van der Waals surface area contributed by atoms with Crippen molar-refractivity contribution in [2.24, 2.45) is 0 Å². The number of urea groups is 1. The van der Waals surface area contributed by atoms with Crippen LogP contribution in [-0.2, 0) is 16.9 Å². The van der Waals surface area contributed by atoms with Crippen molar-refractivity contribution in [1.29, 1.82) is 0 Å². The molecule has 7 nitrogen and oxygen atoms in total. The van der Waals surface area contributed by atoms with E-state index in [0.29, 0.717) is 26.2 Å². The Morgan fingerprint density at radius 1 is 0.943 bits per heavy atom. The fourth-order valence-electron chi connectivity index (χ4n) is 5.04. The van der Waals surface area contributed by atoms with E-state index in [9.17, 15) is 9.59 Å². The van der Waals surface area contributed by atoms with E-state index in [1.165, 1.54) is 0 Å². The molecular formula is C28H30N4O3. The summed E-state index contributed by atoms with van der Waals surface area (Å²) in [4.78, 5) is 31.8. The van der Waals surface area contributed by atoms with E-state index in [1.54, 1.807) is 9.80 Å². The van der Waals surface area contributed by atoms with E-state index >= 15 is 0 Å². The summed E-state index contributed by atoms with van der Waals surface area (Å²) in [5.74, 6) is 0. The summed E-state index contributed by atoms with van der Waals surface area (Å²) in [5, 5.41) is 3.04. The molecular weight excluding hydrogens is 440 g/mol. The maximum absolute atomic E-state index is 13.2. The van der Waals surface area contributed by atoms with Crippen molar-refractivity contribution in [3.63, 3.8) is 0 Å². The first kappa shape index (κ1) is 22.8. The number of nitrogens with zero attached hydrogens (tertiary/aromatic N) is 3. The number of anilines is 1. The van der Waals surface area contributed by atoms with E-state index in [1.807, 2.05) is 104 Å². The van der Waals surface area contributed by atoms with Gasteiger partial charge in [0.05, 0.1) is 0 Å². The van der Waals surface area contributed by atoms with Gasteiger partial charge in [-0.05, 0) is 17.7 Å². The molecule has 0 aromatic heterocycles. The summed E-state index contributed by atoms with van der Waals surface area (Å²) >= 11 is 0. The Kier molecular flexibility index (Phi) is 6.07. The van der Waals surface area contributed by atoms with Gasteiger partial charge in [-0.3, -0.25) is 4.90 Å². The molecule has 5 rings (SSSR count). The van der Waals surface area contributed by atoms with Gasteiger partial charge in [-0.1, -0.05) is 72.8 Å². The number of carbonyl (C=O) groups is 2. The van der Waals surface area contributed by atoms with Gasteiger partial charge in [0.1, 0.15) is 6.04 Å². The Balaban J connectivity index is 1.38. The molecule has 2 saturated heterocycles. The largest absolute Gasteiger partial charge is 0.431 e. The Hall–Kier alpha value is -4.00. The molecule has 1 unspecified atom stereocenters. The third kappa shape index (κ3) is 4.18. The van der Waals surface area contributed by atoms with E-state index in [0.717, 1.165) is 22.4 Å². The topological polar surface area (TPSA) is 65.1 Å². The van der Waals surface area contributed by atoms with Crippen LogP contribution in [0.25, 0.3) is 0 Å². The van der Waals surface area contributed by atoms with Crippen LogP contribution in [-0.4, -0.2) is 61.7 Å². The predicted octanol–water partition coefficient (Wildman–Crippen LogP) is 4.04. The predicted molar refractivity (Wildman–Crippen MR) is 135 cm³/mol. The molecule has 0 saturated carbocycles. The molecule has 35 heavy (non-hydrogen) atoms. The van der Waals surface area contributed by atoms with Crippen LogP contribution < -0.4 is 10.2 Å². The van der Waals surface area contributed by atoms with Gasteiger partial charge in [-0.15, -0.1) is 0 Å². The summed E-state index contributed by atoms with van der Waals surface area (Å²) in [6.45, 7) is 1.70. The van der Waals surface area contributed by atoms with E-state index in [-0.39, 0.29) is 18.2 Å². The molecule has 1 N–H and O–H groups in total. The zero-order valence-corrected chi connectivity index (χ0v) is 20.1. The number of piperazine rings is 1. The first-order valence-electron chi connectivity index (χ1n) is 11.9. The van der Waals surface area contributed by atoms with Gasteiger partial charge in [-0.25, -0.2) is 9.59 Å². The van der Waals surface area contributed by atoms with Gasteiger partial charge < -0.3 is 19.9 Å². The summed E-state index contributed by atoms with van der Waals surface area (Å²) in [6, 6.07) is 27.3. The molecule has 3 amide bonds. The van der Waals surface area contributed by atoms with Crippen molar-refractivity contribution < 1.29 is 14.3 Å². The monoisotopic (exact) mass is 470 g/mol. The molecule has 7 heteroatoms. The molecule has 0 spiro atoms. The highest BCUT2D eigenvalue weighted by molar-refractivity contribution is 5.77. The van der Waals surface area contributed by atoms with Crippen LogP contribution in [0.5, 0.6) is 0 Å². The fraction of sp³-hybridized carbons (Fsp3) is 0.286. The fourth-order valence-corrected chi connectivity index (χ4v) is 5.04. The van der Waals surface area contributed by atoms with Crippen molar-refractivity contribution in [3.05, 3.63) is 102 Å². The van der Waals surface area contributed by atoms with Gasteiger partial charge in [0, 0.05) is 57.1 Å². The molecule has 3 aromatic rings. The molecule has 2 aliphatic heterocycles. The van der Waals surface area contributed by atoms with Gasteiger partial charge in [-0.2, -0.15) is 0 Å². The maximum atomic E-state index is 13.2. The lowest BCUT2D eigenvalue weighted by Crippen LogP contribution is -2.59. The zero-order valence-electron chi connectivity index (χ0n) is 20.1. The number of hydrogen-bond acceptors (Lipinski definition) is 4. The lowest BCUT2D eigenvalue weighted by molar-refractivity contribution is 0.0511. The summed E-state index contributed by atoms with van der Waals surface area (Å²) in [7, 11) is 4.00. The first-order chi connectivity index (χ1) is 17.0. The van der Waals surface area contributed by atoms with E-state index < -0.39 is 5.60 Å². The smallest absolute Gasteiger partial charge is 0.411 e. The SMILES string of the molecule is CN(C)c1ccc(CNC(=O)N2CCN3C(=O)OC(c4ccccc4)(c4ccccc4)C3C2)cc1. The normalized spacial score (nSPS) is 18.6. The minimum absolute atomic E-state index is 0.143. The average Bonchev–Trinajstić information content (AvgIpc) is 3.21. The Morgan fingerprint density at radius 3 is 2.11 bits per heavy atom. The van der Waals surface area contributed by atoms with Crippen LogP contribution in [0.4, 0.5) is 15.3 Å². The standard InChI is InChI=1S/C28H30N4O3/c1-30(2)24-15-13-21(14-16-24)19-29-26(33)31-17-18-32-25(20-31)28(35-27(32)34,22-9-5-3-6-10-22)23-11-7-4-8-12-23/h3-16,25H,17-20H2,1-2H3,(H,29,33). The lowest BCUT2D eigenvalue weighted by Gasteiger charge is -2.42. The highest BCUT2D eigenvalue weighted by Crippen LogP contribution is 2.45. The summed E-state index contributed by atoms with van der Waals surface area (Å²) < 4.78 is 6.18. The van der Waals surface area contributed by atoms with Gasteiger partial charge in [0.15, 0.2) is 5.60 Å². The zero-order chi connectivity index (χ0) is 24.4. The highest BCUT2D eigenvalue weighted by Gasteiger charge is 2.58. The second-order valence-electron chi connectivity index (χ2n) is 9.21. The third-order valence-electron chi connectivity index (χ3n) is 6.92. The molecule has 2 aliphatic rings. The number of cyclic esters (lactones) is 1. The third-order valence-corrected chi connectivity index (χ3v) is 6.92. The van der Waals surface area contributed by atoms with Crippen LogP contribution in [0.1, 0.15) is 16.7 Å². The van der Waals surface area contributed by atoms with Crippen LogP contribution in [0.2, 0.25) is 0 Å². The average molecular weight is 471 g/mol. The van der Waals surface area contributed by atoms with Crippen molar-refractivity contribution in [2.45, 2.75) is 18.2 Å². The van der Waals surface area contributed by atoms with Gasteiger partial charge in [0.2, 0.25) is 0 Å². The van der Waals surface area contributed by atoms with Crippen molar-refractivity contribution in [1.82, 2.24) is 15.1 Å². The molecule has 0 bridgehead atoms. The molecule has 2 fully saturated rings. The minimum atomic E-state index is -0.986. The van der Waals surface area contributed by atoms with Crippen LogP contribution in [0.15, 0.2) is 84.9 Å². The van der Waals surface area contributed by atoms with Crippen molar-refractivity contribution in [3.8, 4) is 0 Å². The molecule has 1 atom stereocenters. The number of fused-ring (bicyclic) bond motifs is 1. The summed E-state index contributed by atoms with van der Waals surface area (Å²) in [6.07, 6.45) is -0.344. The molecule has 2 heterocycles.